The van der Waals surface area contributed by atoms with Crippen molar-refractivity contribution in [3.8, 4) is 0 Å². The van der Waals surface area contributed by atoms with Crippen LogP contribution in [-0.2, 0) is 18.9 Å². The molecule has 0 fully saturated rings. The Hall–Kier alpha value is -2.64. The van der Waals surface area contributed by atoms with Gasteiger partial charge in [0.2, 0.25) is 0 Å². The Kier molecular flexibility index (Phi) is 5.47. The molecule has 0 aliphatic carbocycles. The zero-order valence-electron chi connectivity index (χ0n) is 13.4. The molecule has 0 spiro atoms. The summed E-state index contributed by atoms with van der Waals surface area (Å²) in [6.07, 6.45) is 1.84. The van der Waals surface area contributed by atoms with Gasteiger partial charge in [0.05, 0.1) is 17.2 Å². The Bertz CT molecular complexity index is 865. The van der Waals surface area contributed by atoms with E-state index in [1.807, 2.05) is 47.2 Å². The quantitative estimate of drug-likeness (QED) is 0.398. The Morgan fingerprint density at radius 2 is 1.88 bits per heavy atom. The molecule has 0 aliphatic rings. The van der Waals surface area contributed by atoms with Crippen LogP contribution in [0.3, 0.4) is 0 Å². The lowest BCUT2D eigenvalue weighted by molar-refractivity contribution is -0.384. The van der Waals surface area contributed by atoms with E-state index in [0.29, 0.717) is 18.0 Å². The Labute approximate surface area is 149 Å². The molecule has 25 heavy (non-hydrogen) atoms. The molecule has 2 aromatic carbocycles. The summed E-state index contributed by atoms with van der Waals surface area (Å²) >= 11 is 1.49. The summed E-state index contributed by atoms with van der Waals surface area (Å²) in [5, 5.41) is 21.0. The predicted molar refractivity (Wildman–Crippen MR) is 96.4 cm³/mol. The number of non-ortho nitro benzene ring substituents is 1. The van der Waals surface area contributed by atoms with Gasteiger partial charge in [0.25, 0.3) is 5.69 Å². The maximum Gasteiger partial charge on any atom is 0.269 e. The Morgan fingerprint density at radius 1 is 1.12 bits per heavy atom. The molecule has 1 aromatic heterocycles. The first-order valence-corrected chi connectivity index (χ1v) is 8.71. The van der Waals surface area contributed by atoms with Gasteiger partial charge >= 0.3 is 0 Å². The largest absolute Gasteiger partial charge is 0.390 e. The summed E-state index contributed by atoms with van der Waals surface area (Å²) in [5.74, 6) is 0.568. The summed E-state index contributed by atoms with van der Waals surface area (Å²) in [5.41, 5.74) is 2.69. The number of nitro benzene ring substituents is 1. The monoisotopic (exact) mass is 355 g/mol. The zero-order chi connectivity index (χ0) is 17.6. The number of nitrogens with zero attached hydrogens (tertiary/aromatic N) is 3. The van der Waals surface area contributed by atoms with E-state index >= 15 is 0 Å². The van der Waals surface area contributed by atoms with Crippen LogP contribution in [-0.4, -0.2) is 19.6 Å². The normalized spacial score (nSPS) is 10.8. The van der Waals surface area contributed by atoms with Crippen LogP contribution in [0.1, 0.15) is 16.8 Å². The van der Waals surface area contributed by atoms with E-state index < -0.39 is 4.92 Å². The topological polar surface area (TPSA) is 81.2 Å². The van der Waals surface area contributed by atoms with Crippen LogP contribution >= 0.6 is 11.8 Å². The maximum atomic E-state index is 10.9. The summed E-state index contributed by atoms with van der Waals surface area (Å²) in [6.45, 7) is 0.539. The van der Waals surface area contributed by atoms with Crippen molar-refractivity contribution in [1.82, 2.24) is 9.55 Å². The lowest BCUT2D eigenvalue weighted by Crippen LogP contribution is -2.00. The van der Waals surface area contributed by atoms with Gasteiger partial charge in [-0.05, 0) is 11.1 Å². The van der Waals surface area contributed by atoms with E-state index in [2.05, 4.69) is 4.98 Å². The zero-order valence-corrected chi connectivity index (χ0v) is 14.2. The maximum absolute atomic E-state index is 10.9. The second-order valence-electron chi connectivity index (χ2n) is 5.50. The minimum atomic E-state index is -0.394. The minimum Gasteiger partial charge on any atom is -0.390 e. The van der Waals surface area contributed by atoms with Crippen LogP contribution in [0.4, 0.5) is 5.69 Å². The fourth-order valence-electron chi connectivity index (χ4n) is 2.44. The first kappa shape index (κ1) is 17.2. The number of aliphatic hydroxyl groups excluding tert-OH is 1. The summed E-state index contributed by atoms with van der Waals surface area (Å²) < 4.78 is 1.99. The highest BCUT2D eigenvalue weighted by molar-refractivity contribution is 7.98. The van der Waals surface area contributed by atoms with Crippen LogP contribution in [0.15, 0.2) is 66.0 Å². The SMILES string of the molecule is O=[N+]([O-])c1cccc(CSc2nc(CO)cn2Cc2ccccc2)c1. The van der Waals surface area contributed by atoms with Gasteiger partial charge in [-0.15, -0.1) is 0 Å². The van der Waals surface area contributed by atoms with Gasteiger partial charge < -0.3 is 9.67 Å². The molecule has 0 bridgehead atoms. The van der Waals surface area contributed by atoms with Crippen molar-refractivity contribution in [3.05, 3.63) is 87.7 Å². The van der Waals surface area contributed by atoms with E-state index in [-0.39, 0.29) is 12.3 Å². The number of thioether (sulfide) groups is 1. The molecule has 7 heteroatoms. The number of imidazole rings is 1. The van der Waals surface area contributed by atoms with E-state index in [0.717, 1.165) is 16.3 Å². The third-order valence-corrected chi connectivity index (χ3v) is 4.70. The highest BCUT2D eigenvalue weighted by atomic mass is 32.2. The molecule has 128 valence electrons. The van der Waals surface area contributed by atoms with Crippen LogP contribution < -0.4 is 0 Å². The molecule has 0 radical (unpaired) electrons. The molecular formula is C18H17N3O3S. The van der Waals surface area contributed by atoms with E-state index in [4.69, 9.17) is 0 Å². The number of hydrogen-bond acceptors (Lipinski definition) is 5. The number of nitro groups is 1. The third-order valence-electron chi connectivity index (χ3n) is 3.64. The molecule has 0 atom stereocenters. The third kappa shape index (κ3) is 4.46. The first-order valence-electron chi connectivity index (χ1n) is 7.72. The molecule has 0 unspecified atom stereocenters. The molecule has 3 aromatic rings. The van der Waals surface area contributed by atoms with Crippen LogP contribution in [0, 0.1) is 10.1 Å². The molecule has 6 nitrogen and oxygen atoms in total. The van der Waals surface area contributed by atoms with Crippen LogP contribution in [0.25, 0.3) is 0 Å². The lowest BCUT2D eigenvalue weighted by atomic mass is 10.2. The van der Waals surface area contributed by atoms with E-state index in [1.165, 1.54) is 17.8 Å². The number of hydrogen-bond donors (Lipinski definition) is 1. The highest BCUT2D eigenvalue weighted by Gasteiger charge is 2.11. The van der Waals surface area contributed by atoms with Crippen molar-refractivity contribution in [3.63, 3.8) is 0 Å². The van der Waals surface area contributed by atoms with Gasteiger partial charge in [0.1, 0.15) is 0 Å². The molecule has 0 saturated carbocycles. The fraction of sp³-hybridized carbons (Fsp3) is 0.167. The lowest BCUT2D eigenvalue weighted by Gasteiger charge is -2.07. The van der Waals surface area contributed by atoms with E-state index in [9.17, 15) is 15.2 Å². The number of benzene rings is 2. The molecule has 0 saturated heterocycles. The van der Waals surface area contributed by atoms with Gasteiger partial charge in [0.15, 0.2) is 5.16 Å². The van der Waals surface area contributed by atoms with Gasteiger partial charge in [-0.3, -0.25) is 10.1 Å². The molecule has 0 amide bonds. The summed E-state index contributed by atoms with van der Waals surface area (Å²) in [6, 6.07) is 16.6. The van der Waals surface area contributed by atoms with Gasteiger partial charge in [-0.2, -0.15) is 0 Å². The molecule has 0 aliphatic heterocycles. The standard InChI is InChI=1S/C18H17N3O3S/c22-12-16-11-20(10-14-5-2-1-3-6-14)18(19-16)25-13-15-7-4-8-17(9-15)21(23)24/h1-9,11,22H,10,12-13H2. The number of aliphatic hydroxyl groups is 1. The van der Waals surface area contributed by atoms with Crippen molar-refractivity contribution < 1.29 is 10.0 Å². The average Bonchev–Trinajstić information content (AvgIpc) is 3.03. The van der Waals surface area contributed by atoms with Crippen LogP contribution in [0.5, 0.6) is 0 Å². The van der Waals surface area contributed by atoms with Crippen molar-refractivity contribution in [1.29, 1.82) is 0 Å². The van der Waals surface area contributed by atoms with Crippen LogP contribution in [0.2, 0.25) is 0 Å². The Morgan fingerprint density at radius 3 is 2.60 bits per heavy atom. The predicted octanol–water partition coefficient (Wildman–Crippen LogP) is 3.62. The van der Waals surface area contributed by atoms with E-state index in [1.54, 1.807) is 12.1 Å². The smallest absolute Gasteiger partial charge is 0.269 e. The van der Waals surface area contributed by atoms with Crippen molar-refractivity contribution >= 4 is 17.4 Å². The fourth-order valence-corrected chi connectivity index (χ4v) is 3.38. The second kappa shape index (κ2) is 7.96. The van der Waals surface area contributed by atoms with Crippen molar-refractivity contribution in [2.24, 2.45) is 0 Å². The van der Waals surface area contributed by atoms with Crippen molar-refractivity contribution in [2.75, 3.05) is 0 Å². The average molecular weight is 355 g/mol. The first-order chi connectivity index (χ1) is 12.2. The molecular weight excluding hydrogens is 338 g/mol. The van der Waals surface area contributed by atoms with Gasteiger partial charge in [-0.1, -0.05) is 54.2 Å². The summed E-state index contributed by atoms with van der Waals surface area (Å²) in [4.78, 5) is 14.9. The van der Waals surface area contributed by atoms with Crippen molar-refractivity contribution in [2.45, 2.75) is 24.1 Å². The molecule has 1 heterocycles. The van der Waals surface area contributed by atoms with Gasteiger partial charge in [0, 0.05) is 30.6 Å². The summed E-state index contributed by atoms with van der Waals surface area (Å²) in [7, 11) is 0. The second-order valence-corrected chi connectivity index (χ2v) is 6.44. The highest BCUT2D eigenvalue weighted by Crippen LogP contribution is 2.25. The molecule has 3 rings (SSSR count). The number of rotatable bonds is 7. The molecule has 1 N–H and O–H groups in total. The number of aromatic nitrogens is 2. The minimum absolute atomic E-state index is 0.0850. The Balaban J connectivity index is 1.76. The van der Waals surface area contributed by atoms with Gasteiger partial charge in [-0.25, -0.2) is 4.98 Å².